The number of aromatic carboxylic acids is 1. The van der Waals surface area contributed by atoms with E-state index >= 15 is 0 Å². The Hall–Kier alpha value is -2.70. The van der Waals surface area contributed by atoms with Crippen molar-refractivity contribution in [2.24, 2.45) is 0 Å². The van der Waals surface area contributed by atoms with E-state index in [4.69, 9.17) is 4.74 Å². The van der Waals surface area contributed by atoms with Crippen LogP contribution < -0.4 is 0 Å². The highest BCUT2D eigenvalue weighted by Crippen LogP contribution is 2.34. The maximum Gasteiger partial charge on any atom is 0.335 e. The predicted molar refractivity (Wildman–Crippen MR) is 112 cm³/mol. The number of benzene rings is 1. The van der Waals surface area contributed by atoms with E-state index < -0.39 is 5.97 Å². The van der Waals surface area contributed by atoms with Crippen molar-refractivity contribution in [3.63, 3.8) is 0 Å². The van der Waals surface area contributed by atoms with Crippen LogP contribution in [0.2, 0.25) is 0 Å². The smallest absolute Gasteiger partial charge is 0.335 e. The Morgan fingerprint density at radius 3 is 2.83 bits per heavy atom. The van der Waals surface area contributed by atoms with Gasteiger partial charge in [-0.3, -0.25) is 4.90 Å². The number of hydrogen-bond acceptors (Lipinski definition) is 4. The van der Waals surface area contributed by atoms with E-state index in [0.29, 0.717) is 18.1 Å². The first-order valence-electron chi connectivity index (χ1n) is 10.1. The van der Waals surface area contributed by atoms with Crippen LogP contribution in [0.25, 0.3) is 11.0 Å². The molecule has 29 heavy (non-hydrogen) atoms. The largest absolute Gasteiger partial charge is 0.478 e. The van der Waals surface area contributed by atoms with Crippen molar-refractivity contribution < 1.29 is 14.6 Å². The number of methoxy groups -OCH3 is 1. The molecule has 1 aliphatic rings. The standard InChI is InChI=1S/C23H27N3O3/c1-29-13-12-26-16-21(20-6-3-9-24-22(20)26)18-7-10-25(11-8-18)15-17-4-2-5-19(14-17)23(27)28/h2-6,9,14,16,18H,7-8,10-13,15H2,1H3,(H,27,28). The lowest BCUT2D eigenvalue weighted by molar-refractivity contribution is 0.0696. The second-order valence-electron chi connectivity index (χ2n) is 7.70. The summed E-state index contributed by atoms with van der Waals surface area (Å²) in [5.41, 5.74) is 3.83. The molecule has 0 amide bonds. The van der Waals surface area contributed by atoms with Gasteiger partial charge in [-0.05, 0) is 67.2 Å². The maximum atomic E-state index is 11.2. The van der Waals surface area contributed by atoms with Gasteiger partial charge in [-0.1, -0.05) is 12.1 Å². The van der Waals surface area contributed by atoms with Gasteiger partial charge < -0.3 is 14.4 Å². The third kappa shape index (κ3) is 4.33. The van der Waals surface area contributed by atoms with Crippen molar-refractivity contribution in [2.45, 2.75) is 31.8 Å². The number of carbonyl (C=O) groups is 1. The molecule has 1 fully saturated rings. The fourth-order valence-electron chi connectivity index (χ4n) is 4.30. The maximum absolute atomic E-state index is 11.2. The molecule has 1 aliphatic heterocycles. The second-order valence-corrected chi connectivity index (χ2v) is 7.70. The van der Waals surface area contributed by atoms with Gasteiger partial charge >= 0.3 is 5.97 Å². The normalized spacial score (nSPS) is 15.8. The highest BCUT2D eigenvalue weighted by molar-refractivity contribution is 5.87. The van der Waals surface area contributed by atoms with Crippen LogP contribution in [-0.4, -0.2) is 52.3 Å². The lowest BCUT2D eigenvalue weighted by Gasteiger charge is -2.32. The van der Waals surface area contributed by atoms with Crippen LogP contribution in [0.1, 0.15) is 40.2 Å². The van der Waals surface area contributed by atoms with Crippen LogP contribution >= 0.6 is 0 Å². The average Bonchev–Trinajstić information content (AvgIpc) is 3.12. The van der Waals surface area contributed by atoms with Crippen LogP contribution in [0.5, 0.6) is 0 Å². The van der Waals surface area contributed by atoms with Crippen molar-refractivity contribution in [3.05, 3.63) is 65.5 Å². The van der Waals surface area contributed by atoms with Gasteiger partial charge in [0.05, 0.1) is 12.2 Å². The fourth-order valence-corrected chi connectivity index (χ4v) is 4.30. The van der Waals surface area contributed by atoms with Crippen molar-refractivity contribution in [3.8, 4) is 0 Å². The minimum Gasteiger partial charge on any atom is -0.478 e. The van der Waals surface area contributed by atoms with E-state index in [9.17, 15) is 9.90 Å². The van der Waals surface area contributed by atoms with E-state index in [1.54, 1.807) is 19.2 Å². The number of carboxylic acid groups (broad SMARTS) is 1. The Labute approximate surface area is 170 Å². The van der Waals surface area contributed by atoms with Crippen LogP contribution in [0.3, 0.4) is 0 Å². The van der Waals surface area contributed by atoms with Gasteiger partial charge in [0.25, 0.3) is 0 Å². The van der Waals surface area contributed by atoms with Gasteiger partial charge in [0, 0.05) is 38.0 Å². The lowest BCUT2D eigenvalue weighted by Crippen LogP contribution is -2.32. The van der Waals surface area contributed by atoms with Crippen molar-refractivity contribution >= 4 is 17.0 Å². The Kier molecular flexibility index (Phi) is 5.92. The molecule has 0 saturated carbocycles. The molecular weight excluding hydrogens is 366 g/mol. The zero-order chi connectivity index (χ0) is 20.2. The molecule has 0 atom stereocenters. The summed E-state index contributed by atoms with van der Waals surface area (Å²) < 4.78 is 7.46. The molecule has 152 valence electrons. The number of rotatable bonds is 7. The molecule has 6 heteroatoms. The number of nitrogens with zero attached hydrogens (tertiary/aromatic N) is 3. The molecule has 0 bridgehead atoms. The molecule has 0 spiro atoms. The quantitative estimate of drug-likeness (QED) is 0.662. The molecule has 2 aromatic heterocycles. The van der Waals surface area contributed by atoms with E-state index in [0.717, 1.165) is 50.2 Å². The molecule has 0 unspecified atom stereocenters. The topological polar surface area (TPSA) is 67.6 Å². The summed E-state index contributed by atoms with van der Waals surface area (Å²) in [6.45, 7) is 4.29. The molecule has 0 aliphatic carbocycles. The van der Waals surface area contributed by atoms with Crippen LogP contribution in [0.15, 0.2) is 48.8 Å². The van der Waals surface area contributed by atoms with Crippen molar-refractivity contribution in [1.82, 2.24) is 14.5 Å². The molecule has 6 nitrogen and oxygen atoms in total. The van der Waals surface area contributed by atoms with E-state index in [1.165, 1.54) is 10.9 Å². The highest BCUT2D eigenvalue weighted by Gasteiger charge is 2.24. The minimum atomic E-state index is -0.871. The molecule has 3 heterocycles. The zero-order valence-electron chi connectivity index (χ0n) is 16.8. The first kappa shape index (κ1) is 19.6. The molecule has 0 radical (unpaired) electrons. The Morgan fingerprint density at radius 2 is 2.07 bits per heavy atom. The SMILES string of the molecule is COCCn1cc(C2CCN(Cc3cccc(C(=O)O)c3)CC2)c2cccnc21. The van der Waals surface area contributed by atoms with E-state index in [1.807, 2.05) is 24.4 Å². The Bertz CT molecular complexity index is 990. The number of likely N-dealkylation sites (tertiary alicyclic amines) is 1. The van der Waals surface area contributed by atoms with Crippen LogP contribution in [-0.2, 0) is 17.8 Å². The first-order chi connectivity index (χ1) is 14.2. The molecule has 4 rings (SSSR count). The third-order valence-electron chi connectivity index (χ3n) is 5.81. The molecule has 3 aromatic rings. The molecule has 1 aromatic carbocycles. The first-order valence-corrected chi connectivity index (χ1v) is 10.1. The van der Waals surface area contributed by atoms with Gasteiger partial charge in [0.1, 0.15) is 5.65 Å². The number of aromatic nitrogens is 2. The summed E-state index contributed by atoms with van der Waals surface area (Å²) in [6, 6.07) is 11.4. The number of hydrogen-bond donors (Lipinski definition) is 1. The molecule has 1 saturated heterocycles. The van der Waals surface area contributed by atoms with Crippen LogP contribution in [0, 0.1) is 0 Å². The number of pyridine rings is 1. The average molecular weight is 393 g/mol. The van der Waals surface area contributed by atoms with E-state index in [-0.39, 0.29) is 0 Å². The van der Waals surface area contributed by atoms with Crippen LogP contribution in [0.4, 0.5) is 0 Å². The van der Waals surface area contributed by atoms with Gasteiger partial charge in [-0.15, -0.1) is 0 Å². The van der Waals surface area contributed by atoms with Gasteiger partial charge in [-0.25, -0.2) is 9.78 Å². The monoisotopic (exact) mass is 393 g/mol. The second kappa shape index (κ2) is 8.76. The summed E-state index contributed by atoms with van der Waals surface area (Å²) in [5, 5.41) is 10.4. The summed E-state index contributed by atoms with van der Waals surface area (Å²) in [6.07, 6.45) is 6.30. The number of ether oxygens (including phenoxy) is 1. The van der Waals surface area contributed by atoms with E-state index in [2.05, 4.69) is 26.7 Å². The Balaban J connectivity index is 1.45. The number of piperidine rings is 1. The van der Waals surface area contributed by atoms with Crippen molar-refractivity contribution in [2.75, 3.05) is 26.8 Å². The third-order valence-corrected chi connectivity index (χ3v) is 5.81. The van der Waals surface area contributed by atoms with Gasteiger partial charge in [0.2, 0.25) is 0 Å². The summed E-state index contributed by atoms with van der Waals surface area (Å²) >= 11 is 0. The summed E-state index contributed by atoms with van der Waals surface area (Å²) in [7, 11) is 1.72. The highest BCUT2D eigenvalue weighted by atomic mass is 16.5. The predicted octanol–water partition coefficient (Wildman–Crippen LogP) is 3.76. The number of carboxylic acids is 1. The van der Waals surface area contributed by atoms with Gasteiger partial charge in [-0.2, -0.15) is 0 Å². The van der Waals surface area contributed by atoms with Gasteiger partial charge in [0.15, 0.2) is 0 Å². The molecular formula is C23H27N3O3. The summed E-state index contributed by atoms with van der Waals surface area (Å²) in [4.78, 5) is 18.2. The lowest BCUT2D eigenvalue weighted by atomic mass is 9.89. The zero-order valence-corrected chi connectivity index (χ0v) is 16.8. The summed E-state index contributed by atoms with van der Waals surface area (Å²) in [5.74, 6) is -0.351. The fraction of sp³-hybridized carbons (Fsp3) is 0.391. The minimum absolute atomic E-state index is 0.355. The molecule has 1 N–H and O–H groups in total. The number of fused-ring (bicyclic) bond motifs is 1. The van der Waals surface area contributed by atoms with Crippen molar-refractivity contribution in [1.29, 1.82) is 0 Å². The Morgan fingerprint density at radius 1 is 1.24 bits per heavy atom.